The Morgan fingerprint density at radius 2 is 1.70 bits per heavy atom. The molecule has 4 rings (SSSR count). The van der Waals surface area contributed by atoms with Crippen LogP contribution in [-0.2, 0) is 27.7 Å². The smallest absolute Gasteiger partial charge is 0.266 e. The standard InChI is InChI=1S/C24H22ClFN2O4S/c1-2-15-7-12-21(26)22-20(15)13-14-28(23(22)24(29)27-30)33(31,32)19-10-5-17(6-11-19)16-3-8-18(25)9-4-16/h3-12,23,30H,2,13-14H2,1H3,(H,27,29). The van der Waals surface area contributed by atoms with Gasteiger partial charge in [-0.15, -0.1) is 0 Å². The van der Waals surface area contributed by atoms with Crippen LogP contribution in [0.15, 0.2) is 65.6 Å². The first-order chi connectivity index (χ1) is 15.8. The van der Waals surface area contributed by atoms with Gasteiger partial charge >= 0.3 is 0 Å². The van der Waals surface area contributed by atoms with E-state index in [1.54, 1.807) is 30.3 Å². The van der Waals surface area contributed by atoms with E-state index >= 15 is 0 Å². The first-order valence-electron chi connectivity index (χ1n) is 10.4. The van der Waals surface area contributed by atoms with Crippen LogP contribution in [0.25, 0.3) is 11.1 Å². The predicted molar refractivity (Wildman–Crippen MR) is 123 cm³/mol. The molecule has 2 N–H and O–H groups in total. The lowest BCUT2D eigenvalue weighted by Crippen LogP contribution is -2.47. The Labute approximate surface area is 196 Å². The van der Waals surface area contributed by atoms with Gasteiger partial charge in [-0.3, -0.25) is 10.0 Å². The Morgan fingerprint density at radius 3 is 2.27 bits per heavy atom. The number of fused-ring (bicyclic) bond motifs is 1. The van der Waals surface area contributed by atoms with Crippen molar-refractivity contribution in [3.63, 3.8) is 0 Å². The van der Waals surface area contributed by atoms with E-state index in [4.69, 9.17) is 11.6 Å². The summed E-state index contributed by atoms with van der Waals surface area (Å²) in [6.07, 6.45) is 0.864. The van der Waals surface area contributed by atoms with E-state index in [9.17, 15) is 22.8 Å². The number of benzene rings is 3. The predicted octanol–water partition coefficient (Wildman–Crippen LogP) is 4.50. The lowest BCUT2D eigenvalue weighted by atomic mass is 9.88. The molecule has 3 aromatic rings. The summed E-state index contributed by atoms with van der Waals surface area (Å²) in [5.74, 6) is -1.70. The zero-order valence-electron chi connectivity index (χ0n) is 17.8. The van der Waals surface area contributed by atoms with Crippen molar-refractivity contribution in [1.29, 1.82) is 0 Å². The molecule has 0 bridgehead atoms. The summed E-state index contributed by atoms with van der Waals surface area (Å²) >= 11 is 5.93. The second-order valence-electron chi connectivity index (χ2n) is 7.73. The number of sulfonamides is 1. The first-order valence-corrected chi connectivity index (χ1v) is 12.2. The van der Waals surface area contributed by atoms with Crippen molar-refractivity contribution >= 4 is 27.5 Å². The summed E-state index contributed by atoms with van der Waals surface area (Å²) in [6.45, 7) is 1.88. The van der Waals surface area contributed by atoms with E-state index < -0.39 is 27.8 Å². The minimum Gasteiger partial charge on any atom is -0.289 e. The van der Waals surface area contributed by atoms with E-state index in [0.717, 1.165) is 21.0 Å². The minimum atomic E-state index is -4.18. The van der Waals surface area contributed by atoms with Crippen LogP contribution in [0.5, 0.6) is 0 Å². The molecular formula is C24H22ClFN2O4S. The molecule has 33 heavy (non-hydrogen) atoms. The van der Waals surface area contributed by atoms with Gasteiger partial charge in [0.1, 0.15) is 11.9 Å². The number of aryl methyl sites for hydroxylation is 1. The van der Waals surface area contributed by atoms with Gasteiger partial charge in [-0.2, -0.15) is 4.31 Å². The molecule has 172 valence electrons. The van der Waals surface area contributed by atoms with Gasteiger partial charge in [0.05, 0.1) is 4.90 Å². The second kappa shape index (κ2) is 9.23. The molecule has 0 saturated heterocycles. The maximum atomic E-state index is 14.9. The highest BCUT2D eigenvalue weighted by atomic mass is 35.5. The van der Waals surface area contributed by atoms with E-state index in [1.807, 2.05) is 19.1 Å². The minimum absolute atomic E-state index is 0.0199. The van der Waals surface area contributed by atoms with Crippen LogP contribution in [0.4, 0.5) is 4.39 Å². The number of hydrogen-bond acceptors (Lipinski definition) is 4. The van der Waals surface area contributed by atoms with Crippen LogP contribution in [0.1, 0.15) is 29.7 Å². The molecule has 1 heterocycles. The van der Waals surface area contributed by atoms with Crippen molar-refractivity contribution in [2.75, 3.05) is 6.54 Å². The molecule has 1 aliphatic heterocycles. The van der Waals surface area contributed by atoms with Crippen molar-refractivity contribution in [1.82, 2.24) is 9.79 Å². The third kappa shape index (κ3) is 4.27. The highest BCUT2D eigenvalue weighted by Gasteiger charge is 2.42. The Kier molecular flexibility index (Phi) is 6.54. The van der Waals surface area contributed by atoms with Crippen LogP contribution in [0.3, 0.4) is 0 Å². The average molecular weight is 489 g/mol. The number of nitrogens with zero attached hydrogens (tertiary/aromatic N) is 1. The Morgan fingerprint density at radius 1 is 1.09 bits per heavy atom. The molecule has 1 atom stereocenters. The number of halogens is 2. The number of hydrogen-bond donors (Lipinski definition) is 2. The van der Waals surface area contributed by atoms with Crippen LogP contribution >= 0.6 is 11.6 Å². The van der Waals surface area contributed by atoms with E-state index in [2.05, 4.69) is 0 Å². The summed E-state index contributed by atoms with van der Waals surface area (Å²) in [6, 6.07) is 14.7. The van der Waals surface area contributed by atoms with Crippen LogP contribution in [0, 0.1) is 5.82 Å². The normalized spacial score (nSPS) is 16.3. The maximum absolute atomic E-state index is 14.9. The van der Waals surface area contributed by atoms with Crippen LogP contribution in [0.2, 0.25) is 5.02 Å². The summed E-state index contributed by atoms with van der Waals surface area (Å²) in [4.78, 5) is 12.6. The fourth-order valence-corrected chi connectivity index (χ4v) is 5.96. The zero-order chi connectivity index (χ0) is 23.8. The van der Waals surface area contributed by atoms with Crippen molar-refractivity contribution in [3.05, 3.63) is 88.2 Å². The largest absolute Gasteiger partial charge is 0.289 e. The average Bonchev–Trinajstić information content (AvgIpc) is 2.83. The molecule has 0 aromatic heterocycles. The number of nitrogens with one attached hydrogen (secondary N) is 1. The summed E-state index contributed by atoms with van der Waals surface area (Å²) in [5.41, 5.74) is 4.59. The monoisotopic (exact) mass is 488 g/mol. The summed E-state index contributed by atoms with van der Waals surface area (Å²) in [5, 5.41) is 9.91. The number of hydroxylamine groups is 1. The second-order valence-corrected chi connectivity index (χ2v) is 10.1. The molecule has 9 heteroatoms. The number of carbonyl (C=O) groups is 1. The molecule has 0 fully saturated rings. The lowest BCUT2D eigenvalue weighted by Gasteiger charge is -2.36. The van der Waals surface area contributed by atoms with Crippen molar-refractivity contribution in [3.8, 4) is 11.1 Å². The highest BCUT2D eigenvalue weighted by Crippen LogP contribution is 2.38. The first kappa shape index (κ1) is 23.4. The number of rotatable bonds is 5. The van der Waals surface area contributed by atoms with Gasteiger partial charge in [0.15, 0.2) is 0 Å². The molecule has 6 nitrogen and oxygen atoms in total. The molecule has 1 amide bonds. The Balaban J connectivity index is 1.75. The van der Waals surface area contributed by atoms with Crippen molar-refractivity contribution in [2.24, 2.45) is 0 Å². The van der Waals surface area contributed by atoms with Crippen LogP contribution in [-0.4, -0.2) is 30.4 Å². The summed E-state index contributed by atoms with van der Waals surface area (Å²) in [7, 11) is -4.18. The highest BCUT2D eigenvalue weighted by molar-refractivity contribution is 7.89. The third-order valence-corrected chi connectivity index (χ3v) is 8.05. The lowest BCUT2D eigenvalue weighted by molar-refractivity contribution is -0.133. The van der Waals surface area contributed by atoms with Crippen molar-refractivity contribution < 1.29 is 22.8 Å². The quantitative estimate of drug-likeness (QED) is 0.409. The molecular weight excluding hydrogens is 467 g/mol. The van der Waals surface area contributed by atoms with Gasteiger partial charge in [0.25, 0.3) is 5.91 Å². The SMILES string of the molecule is CCc1ccc(F)c2c1CCN(S(=O)(=O)c1ccc(-c3ccc(Cl)cc3)cc1)C2C(=O)NO. The molecule has 0 spiro atoms. The van der Waals surface area contributed by atoms with Gasteiger partial charge in [-0.25, -0.2) is 18.3 Å². The Bertz CT molecular complexity index is 1300. The molecule has 0 radical (unpaired) electrons. The third-order valence-electron chi connectivity index (χ3n) is 5.92. The Hall–Kier alpha value is -2.78. The molecule has 1 unspecified atom stereocenters. The maximum Gasteiger partial charge on any atom is 0.266 e. The number of carbonyl (C=O) groups excluding carboxylic acids is 1. The summed E-state index contributed by atoms with van der Waals surface area (Å²) < 4.78 is 42.8. The number of amides is 1. The van der Waals surface area contributed by atoms with Crippen LogP contribution < -0.4 is 5.48 Å². The molecule has 0 aliphatic carbocycles. The van der Waals surface area contributed by atoms with Crippen molar-refractivity contribution in [2.45, 2.75) is 30.7 Å². The molecule has 1 aliphatic rings. The van der Waals surface area contributed by atoms with Gasteiger partial charge in [-0.05, 0) is 65.4 Å². The molecule has 3 aromatic carbocycles. The van der Waals surface area contributed by atoms with Gasteiger partial charge in [0, 0.05) is 17.1 Å². The van der Waals surface area contributed by atoms with Gasteiger partial charge in [-0.1, -0.05) is 48.9 Å². The van der Waals surface area contributed by atoms with Gasteiger partial charge in [0.2, 0.25) is 10.0 Å². The molecule has 0 saturated carbocycles. The van der Waals surface area contributed by atoms with Gasteiger partial charge < -0.3 is 0 Å². The fraction of sp³-hybridized carbons (Fsp3) is 0.208. The van der Waals surface area contributed by atoms with E-state index in [0.29, 0.717) is 17.0 Å². The topological polar surface area (TPSA) is 86.7 Å². The fourth-order valence-electron chi connectivity index (χ4n) is 4.28. The van der Waals surface area contributed by atoms with E-state index in [-0.39, 0.29) is 23.4 Å². The van der Waals surface area contributed by atoms with E-state index in [1.165, 1.54) is 23.7 Å². The zero-order valence-corrected chi connectivity index (χ0v) is 19.3.